The van der Waals surface area contributed by atoms with E-state index in [1.165, 1.54) is 6.42 Å². The van der Waals surface area contributed by atoms with Crippen molar-refractivity contribution in [2.24, 2.45) is 11.8 Å². The lowest BCUT2D eigenvalue weighted by Gasteiger charge is -2.32. The SMILES string of the molecule is CCOC(=O)C1CCCC(NC(C)C(C)C)C1. The van der Waals surface area contributed by atoms with E-state index in [9.17, 15) is 4.79 Å². The van der Waals surface area contributed by atoms with Gasteiger partial charge < -0.3 is 10.1 Å². The van der Waals surface area contributed by atoms with Crippen LogP contribution >= 0.6 is 0 Å². The maximum absolute atomic E-state index is 11.7. The molecule has 1 saturated carbocycles. The van der Waals surface area contributed by atoms with Crippen molar-refractivity contribution in [3.63, 3.8) is 0 Å². The van der Waals surface area contributed by atoms with E-state index in [-0.39, 0.29) is 11.9 Å². The maximum Gasteiger partial charge on any atom is 0.308 e. The average molecular weight is 241 g/mol. The number of esters is 1. The molecule has 17 heavy (non-hydrogen) atoms. The lowest BCUT2D eigenvalue weighted by Crippen LogP contribution is -2.43. The first kappa shape index (κ1) is 14.5. The maximum atomic E-state index is 11.7. The summed E-state index contributed by atoms with van der Waals surface area (Å²) in [4.78, 5) is 11.7. The van der Waals surface area contributed by atoms with Crippen molar-refractivity contribution in [1.29, 1.82) is 0 Å². The zero-order chi connectivity index (χ0) is 12.8. The van der Waals surface area contributed by atoms with Gasteiger partial charge in [-0.3, -0.25) is 4.79 Å². The smallest absolute Gasteiger partial charge is 0.308 e. The molecule has 0 aromatic rings. The lowest BCUT2D eigenvalue weighted by molar-refractivity contribution is -0.149. The van der Waals surface area contributed by atoms with Crippen LogP contribution in [0.1, 0.15) is 53.4 Å². The Kier molecular flexibility index (Phi) is 5.96. The summed E-state index contributed by atoms with van der Waals surface area (Å²) in [7, 11) is 0. The largest absolute Gasteiger partial charge is 0.466 e. The minimum atomic E-state index is -0.00352. The van der Waals surface area contributed by atoms with E-state index in [0.29, 0.717) is 24.6 Å². The molecule has 1 aliphatic rings. The molecule has 0 aromatic heterocycles. The highest BCUT2D eigenvalue weighted by Crippen LogP contribution is 2.26. The molecule has 1 N–H and O–H groups in total. The third kappa shape index (κ3) is 4.66. The average Bonchev–Trinajstić information content (AvgIpc) is 2.29. The molecule has 1 rings (SSSR count). The van der Waals surface area contributed by atoms with Gasteiger partial charge in [-0.05, 0) is 39.0 Å². The summed E-state index contributed by atoms with van der Waals surface area (Å²) in [5, 5.41) is 3.64. The molecule has 1 fully saturated rings. The fraction of sp³-hybridized carbons (Fsp3) is 0.929. The Morgan fingerprint density at radius 1 is 1.35 bits per heavy atom. The van der Waals surface area contributed by atoms with E-state index in [1.807, 2.05) is 6.92 Å². The number of nitrogens with one attached hydrogen (secondary N) is 1. The molecular weight excluding hydrogens is 214 g/mol. The molecule has 0 radical (unpaired) electrons. The van der Waals surface area contributed by atoms with Gasteiger partial charge in [-0.15, -0.1) is 0 Å². The first-order valence-electron chi connectivity index (χ1n) is 6.97. The van der Waals surface area contributed by atoms with Gasteiger partial charge in [-0.2, -0.15) is 0 Å². The van der Waals surface area contributed by atoms with Gasteiger partial charge in [0.25, 0.3) is 0 Å². The zero-order valence-electron chi connectivity index (χ0n) is 11.7. The van der Waals surface area contributed by atoms with Crippen molar-refractivity contribution in [3.8, 4) is 0 Å². The second-order valence-corrected chi connectivity index (χ2v) is 5.51. The summed E-state index contributed by atoms with van der Waals surface area (Å²) in [6.45, 7) is 9.04. The van der Waals surface area contributed by atoms with Gasteiger partial charge in [0.2, 0.25) is 0 Å². The number of rotatable bonds is 5. The van der Waals surface area contributed by atoms with Gasteiger partial charge in [0.1, 0.15) is 0 Å². The number of hydrogen-bond donors (Lipinski definition) is 1. The van der Waals surface area contributed by atoms with Crippen molar-refractivity contribution in [1.82, 2.24) is 5.32 Å². The highest BCUT2D eigenvalue weighted by molar-refractivity contribution is 5.72. The van der Waals surface area contributed by atoms with E-state index in [0.717, 1.165) is 19.3 Å². The van der Waals surface area contributed by atoms with E-state index in [4.69, 9.17) is 4.74 Å². The van der Waals surface area contributed by atoms with Crippen LogP contribution in [0.3, 0.4) is 0 Å². The Morgan fingerprint density at radius 3 is 2.65 bits per heavy atom. The molecule has 0 saturated heterocycles. The summed E-state index contributed by atoms with van der Waals surface area (Å²) < 4.78 is 5.12. The van der Waals surface area contributed by atoms with E-state index in [2.05, 4.69) is 26.1 Å². The molecule has 0 heterocycles. The molecule has 100 valence electrons. The van der Waals surface area contributed by atoms with Crippen molar-refractivity contribution < 1.29 is 9.53 Å². The Hall–Kier alpha value is -0.570. The van der Waals surface area contributed by atoms with Crippen LogP contribution in [0, 0.1) is 11.8 Å². The van der Waals surface area contributed by atoms with Crippen LogP contribution in [0.25, 0.3) is 0 Å². The summed E-state index contributed by atoms with van der Waals surface area (Å²) >= 11 is 0. The molecule has 3 heteroatoms. The highest BCUT2D eigenvalue weighted by Gasteiger charge is 2.28. The third-order valence-electron chi connectivity index (χ3n) is 3.79. The summed E-state index contributed by atoms with van der Waals surface area (Å²) in [5.41, 5.74) is 0. The van der Waals surface area contributed by atoms with E-state index < -0.39 is 0 Å². The standard InChI is InChI=1S/C14H27NO2/c1-5-17-14(16)12-7-6-8-13(9-12)15-11(4)10(2)3/h10-13,15H,5-9H2,1-4H3. The van der Waals surface area contributed by atoms with Gasteiger partial charge in [0.15, 0.2) is 0 Å². The predicted molar refractivity (Wildman–Crippen MR) is 69.8 cm³/mol. The second kappa shape index (κ2) is 7.00. The first-order valence-corrected chi connectivity index (χ1v) is 6.97. The van der Waals surface area contributed by atoms with Crippen molar-refractivity contribution in [2.75, 3.05) is 6.61 Å². The van der Waals surface area contributed by atoms with Crippen LogP contribution < -0.4 is 5.32 Å². The Bertz CT molecular complexity index is 240. The van der Waals surface area contributed by atoms with Crippen LogP contribution in [0.15, 0.2) is 0 Å². The quantitative estimate of drug-likeness (QED) is 0.752. The molecule has 3 nitrogen and oxygen atoms in total. The molecule has 3 unspecified atom stereocenters. The summed E-state index contributed by atoms with van der Waals surface area (Å²) in [6, 6.07) is 0.997. The number of ether oxygens (including phenoxy) is 1. The Morgan fingerprint density at radius 2 is 2.06 bits per heavy atom. The van der Waals surface area contributed by atoms with Crippen molar-refractivity contribution in [3.05, 3.63) is 0 Å². The van der Waals surface area contributed by atoms with E-state index >= 15 is 0 Å². The third-order valence-corrected chi connectivity index (χ3v) is 3.79. The van der Waals surface area contributed by atoms with E-state index in [1.54, 1.807) is 0 Å². The molecule has 3 atom stereocenters. The summed E-state index contributed by atoms with van der Waals surface area (Å²) in [6.07, 6.45) is 4.25. The molecule has 1 aliphatic carbocycles. The van der Waals surface area contributed by atoms with Crippen LogP contribution in [0.4, 0.5) is 0 Å². The van der Waals surface area contributed by atoms with Gasteiger partial charge >= 0.3 is 5.97 Å². The number of carbonyl (C=O) groups excluding carboxylic acids is 1. The van der Waals surface area contributed by atoms with Gasteiger partial charge in [-0.25, -0.2) is 0 Å². The molecular formula is C14H27NO2. The highest BCUT2D eigenvalue weighted by atomic mass is 16.5. The second-order valence-electron chi connectivity index (χ2n) is 5.51. The normalized spacial score (nSPS) is 26.9. The number of hydrogen-bond acceptors (Lipinski definition) is 3. The van der Waals surface area contributed by atoms with Crippen molar-refractivity contribution in [2.45, 2.75) is 65.5 Å². The minimum Gasteiger partial charge on any atom is -0.466 e. The monoisotopic (exact) mass is 241 g/mol. The first-order chi connectivity index (χ1) is 8.04. The molecule has 0 aliphatic heterocycles. The molecule has 0 amide bonds. The summed E-state index contributed by atoms with van der Waals surface area (Å²) in [5.74, 6) is 0.745. The predicted octanol–water partition coefficient (Wildman–Crippen LogP) is 2.74. The van der Waals surface area contributed by atoms with Crippen LogP contribution in [0.5, 0.6) is 0 Å². The Balaban J connectivity index is 2.41. The fourth-order valence-electron chi connectivity index (χ4n) is 2.38. The van der Waals surface area contributed by atoms with Gasteiger partial charge in [-0.1, -0.05) is 20.3 Å². The minimum absolute atomic E-state index is 0.00352. The van der Waals surface area contributed by atoms with Crippen LogP contribution in [0.2, 0.25) is 0 Å². The fourth-order valence-corrected chi connectivity index (χ4v) is 2.38. The van der Waals surface area contributed by atoms with Gasteiger partial charge in [0, 0.05) is 12.1 Å². The van der Waals surface area contributed by atoms with Gasteiger partial charge in [0.05, 0.1) is 12.5 Å². The molecule has 0 aromatic carbocycles. The topological polar surface area (TPSA) is 38.3 Å². The Labute approximate surface area is 105 Å². The lowest BCUT2D eigenvalue weighted by atomic mass is 9.85. The van der Waals surface area contributed by atoms with Crippen molar-refractivity contribution >= 4 is 5.97 Å². The van der Waals surface area contributed by atoms with Crippen LogP contribution in [-0.2, 0) is 9.53 Å². The molecule has 0 spiro atoms. The zero-order valence-corrected chi connectivity index (χ0v) is 11.7. The van der Waals surface area contributed by atoms with Crippen LogP contribution in [-0.4, -0.2) is 24.7 Å². The molecule has 0 bridgehead atoms. The number of carbonyl (C=O) groups is 1.